The van der Waals surface area contributed by atoms with Gasteiger partial charge in [-0.05, 0) is 29.8 Å². The lowest BCUT2D eigenvalue weighted by atomic mass is 10.2. The van der Waals surface area contributed by atoms with E-state index in [-0.39, 0.29) is 6.61 Å². The molecule has 0 N–H and O–H groups in total. The molecule has 0 spiro atoms. The van der Waals surface area contributed by atoms with Crippen molar-refractivity contribution >= 4 is 29.2 Å². The van der Waals surface area contributed by atoms with E-state index < -0.39 is 5.97 Å². The molecule has 0 aliphatic rings. The number of methoxy groups -OCH3 is 2. The molecule has 2 aromatic rings. The van der Waals surface area contributed by atoms with E-state index in [1.807, 2.05) is 0 Å². The van der Waals surface area contributed by atoms with Gasteiger partial charge in [0.25, 0.3) is 0 Å². The molecule has 0 fully saturated rings. The van der Waals surface area contributed by atoms with E-state index >= 15 is 0 Å². The quantitative estimate of drug-likeness (QED) is 0.758. The maximum atomic E-state index is 12.1. The SMILES string of the molecule is COc1cc(OC)cc(C(=O)OCc2ccc(Cl)c(Cl)c2)c1. The summed E-state index contributed by atoms with van der Waals surface area (Å²) >= 11 is 11.8. The van der Waals surface area contributed by atoms with Crippen LogP contribution in [0.25, 0.3) is 0 Å². The van der Waals surface area contributed by atoms with Crippen LogP contribution < -0.4 is 9.47 Å². The van der Waals surface area contributed by atoms with Gasteiger partial charge >= 0.3 is 5.97 Å². The topological polar surface area (TPSA) is 44.8 Å². The van der Waals surface area contributed by atoms with E-state index in [0.717, 1.165) is 5.56 Å². The van der Waals surface area contributed by atoms with Crippen LogP contribution in [-0.2, 0) is 11.3 Å². The Morgan fingerprint density at radius 2 is 1.59 bits per heavy atom. The van der Waals surface area contributed by atoms with Crippen LogP contribution in [0.5, 0.6) is 11.5 Å². The second-order valence-electron chi connectivity index (χ2n) is 4.43. The summed E-state index contributed by atoms with van der Waals surface area (Å²) in [5.74, 6) is 0.546. The van der Waals surface area contributed by atoms with Crippen molar-refractivity contribution in [3.8, 4) is 11.5 Å². The van der Waals surface area contributed by atoms with Gasteiger partial charge < -0.3 is 14.2 Å². The predicted molar refractivity (Wildman–Crippen MR) is 85.1 cm³/mol. The zero-order chi connectivity index (χ0) is 16.1. The third kappa shape index (κ3) is 4.06. The maximum Gasteiger partial charge on any atom is 0.338 e. The largest absolute Gasteiger partial charge is 0.497 e. The first-order valence-corrected chi connectivity index (χ1v) is 7.13. The first kappa shape index (κ1) is 16.5. The normalized spacial score (nSPS) is 10.2. The first-order chi connectivity index (χ1) is 10.5. The van der Waals surface area contributed by atoms with Gasteiger partial charge in [0.2, 0.25) is 0 Å². The molecule has 0 aliphatic carbocycles. The highest BCUT2D eigenvalue weighted by Gasteiger charge is 2.12. The van der Waals surface area contributed by atoms with Crippen molar-refractivity contribution in [2.75, 3.05) is 14.2 Å². The summed E-state index contributed by atoms with van der Waals surface area (Å²) in [6.07, 6.45) is 0. The fourth-order valence-electron chi connectivity index (χ4n) is 1.79. The Morgan fingerprint density at radius 1 is 0.955 bits per heavy atom. The van der Waals surface area contributed by atoms with Gasteiger partial charge in [-0.2, -0.15) is 0 Å². The van der Waals surface area contributed by atoms with Crippen LogP contribution in [0.2, 0.25) is 10.0 Å². The summed E-state index contributed by atoms with van der Waals surface area (Å²) in [5.41, 5.74) is 1.09. The molecule has 0 amide bonds. The van der Waals surface area contributed by atoms with Crippen LogP contribution in [0.4, 0.5) is 0 Å². The van der Waals surface area contributed by atoms with Gasteiger partial charge in [0.15, 0.2) is 0 Å². The number of esters is 1. The molecule has 0 saturated carbocycles. The Bertz CT molecular complexity index is 664. The minimum atomic E-state index is -0.483. The lowest BCUT2D eigenvalue weighted by Crippen LogP contribution is -2.06. The zero-order valence-electron chi connectivity index (χ0n) is 12.1. The molecule has 0 heterocycles. The average Bonchev–Trinajstić information content (AvgIpc) is 2.55. The van der Waals surface area contributed by atoms with Gasteiger partial charge in [0.1, 0.15) is 18.1 Å². The smallest absolute Gasteiger partial charge is 0.338 e. The van der Waals surface area contributed by atoms with Gasteiger partial charge in [-0.15, -0.1) is 0 Å². The van der Waals surface area contributed by atoms with Crippen molar-refractivity contribution in [3.63, 3.8) is 0 Å². The number of carbonyl (C=O) groups excluding carboxylic acids is 1. The highest BCUT2D eigenvalue weighted by atomic mass is 35.5. The Hall–Kier alpha value is -1.91. The van der Waals surface area contributed by atoms with E-state index in [1.165, 1.54) is 14.2 Å². The van der Waals surface area contributed by atoms with Gasteiger partial charge in [0.05, 0.1) is 29.8 Å². The van der Waals surface area contributed by atoms with Crippen molar-refractivity contribution in [1.82, 2.24) is 0 Å². The minimum Gasteiger partial charge on any atom is -0.497 e. The summed E-state index contributed by atoms with van der Waals surface area (Å²) < 4.78 is 15.5. The van der Waals surface area contributed by atoms with Crippen LogP contribution in [-0.4, -0.2) is 20.2 Å². The second-order valence-corrected chi connectivity index (χ2v) is 5.24. The second kappa shape index (κ2) is 7.38. The van der Waals surface area contributed by atoms with Crippen LogP contribution in [0.3, 0.4) is 0 Å². The summed E-state index contributed by atoms with van der Waals surface area (Å²) in [6.45, 7) is 0.0925. The summed E-state index contributed by atoms with van der Waals surface area (Å²) in [7, 11) is 3.03. The molecule has 0 unspecified atom stereocenters. The first-order valence-electron chi connectivity index (χ1n) is 6.37. The Labute approximate surface area is 138 Å². The fourth-order valence-corrected chi connectivity index (χ4v) is 2.11. The average molecular weight is 341 g/mol. The molecule has 0 bridgehead atoms. The lowest BCUT2D eigenvalue weighted by molar-refractivity contribution is 0.0472. The van der Waals surface area contributed by atoms with Gasteiger partial charge in [-0.25, -0.2) is 4.79 Å². The maximum absolute atomic E-state index is 12.1. The van der Waals surface area contributed by atoms with Gasteiger partial charge in [-0.3, -0.25) is 0 Å². The van der Waals surface area contributed by atoms with Crippen LogP contribution >= 0.6 is 23.2 Å². The Morgan fingerprint density at radius 3 is 2.14 bits per heavy atom. The van der Waals surface area contributed by atoms with E-state index in [9.17, 15) is 4.79 Å². The molecule has 2 aromatic carbocycles. The minimum absolute atomic E-state index is 0.0925. The van der Waals surface area contributed by atoms with Crippen LogP contribution in [0.1, 0.15) is 15.9 Å². The number of hydrogen-bond donors (Lipinski definition) is 0. The molecule has 0 atom stereocenters. The van der Waals surface area contributed by atoms with E-state index in [0.29, 0.717) is 27.1 Å². The van der Waals surface area contributed by atoms with E-state index in [4.69, 9.17) is 37.4 Å². The third-order valence-corrected chi connectivity index (χ3v) is 3.68. The molecule has 4 nitrogen and oxygen atoms in total. The predicted octanol–water partition coefficient (Wildman–Crippen LogP) is 4.37. The van der Waals surface area contributed by atoms with Crippen LogP contribution in [0.15, 0.2) is 36.4 Å². The number of benzene rings is 2. The van der Waals surface area contributed by atoms with Crippen molar-refractivity contribution in [2.45, 2.75) is 6.61 Å². The van der Waals surface area contributed by atoms with Crippen molar-refractivity contribution in [2.24, 2.45) is 0 Å². The highest BCUT2D eigenvalue weighted by molar-refractivity contribution is 6.42. The number of carbonyl (C=O) groups is 1. The summed E-state index contributed by atoms with van der Waals surface area (Å²) in [5, 5.41) is 0.868. The Balaban J connectivity index is 2.10. The summed E-state index contributed by atoms with van der Waals surface area (Å²) in [4.78, 5) is 12.1. The van der Waals surface area contributed by atoms with Crippen molar-refractivity contribution in [3.05, 3.63) is 57.6 Å². The highest BCUT2D eigenvalue weighted by Crippen LogP contribution is 2.25. The molecular weight excluding hydrogens is 327 g/mol. The standard InChI is InChI=1S/C16H14Cl2O4/c1-20-12-6-11(7-13(8-12)21-2)16(19)22-9-10-3-4-14(17)15(18)5-10/h3-8H,9H2,1-2H3. The lowest BCUT2D eigenvalue weighted by Gasteiger charge is -2.09. The van der Waals surface area contributed by atoms with Crippen molar-refractivity contribution < 1.29 is 19.0 Å². The molecule has 22 heavy (non-hydrogen) atoms. The number of ether oxygens (including phenoxy) is 3. The number of hydrogen-bond acceptors (Lipinski definition) is 4. The molecule has 0 aromatic heterocycles. The third-order valence-electron chi connectivity index (χ3n) is 2.94. The molecule has 0 saturated heterocycles. The number of halogens is 2. The fraction of sp³-hybridized carbons (Fsp3) is 0.188. The zero-order valence-corrected chi connectivity index (χ0v) is 13.6. The molecule has 2 rings (SSSR count). The molecular formula is C16H14Cl2O4. The molecule has 6 heteroatoms. The van der Waals surface area contributed by atoms with E-state index in [2.05, 4.69) is 0 Å². The van der Waals surface area contributed by atoms with E-state index in [1.54, 1.807) is 36.4 Å². The van der Waals surface area contributed by atoms with Gasteiger partial charge in [-0.1, -0.05) is 29.3 Å². The molecule has 0 aliphatic heterocycles. The van der Waals surface area contributed by atoms with Gasteiger partial charge in [0, 0.05) is 6.07 Å². The van der Waals surface area contributed by atoms with Crippen molar-refractivity contribution in [1.29, 1.82) is 0 Å². The Kier molecular flexibility index (Phi) is 5.52. The van der Waals surface area contributed by atoms with Crippen LogP contribution in [0, 0.1) is 0 Å². The monoisotopic (exact) mass is 340 g/mol. The number of rotatable bonds is 5. The molecule has 116 valence electrons. The summed E-state index contributed by atoms with van der Waals surface area (Å²) in [6, 6.07) is 9.90. The molecule has 0 radical (unpaired) electrons.